The molecule has 3 N–H and O–H groups in total. The molecule has 0 aliphatic carbocycles. The van der Waals surface area contributed by atoms with Crippen LogP contribution in [0.5, 0.6) is 0 Å². The predicted molar refractivity (Wildman–Crippen MR) is 40.1 cm³/mol. The minimum atomic E-state index is -1.77. The van der Waals surface area contributed by atoms with E-state index in [0.717, 1.165) is 6.08 Å². The number of aliphatic hydroxyl groups excluding tert-OH is 1. The van der Waals surface area contributed by atoms with E-state index >= 15 is 0 Å². The fourth-order valence-electron chi connectivity index (χ4n) is 0.502. The molecule has 0 unspecified atom stereocenters. The van der Waals surface area contributed by atoms with E-state index in [4.69, 9.17) is 15.3 Å². The van der Waals surface area contributed by atoms with E-state index in [1.807, 2.05) is 0 Å². The fourth-order valence-corrected chi connectivity index (χ4v) is 0.502. The van der Waals surface area contributed by atoms with E-state index in [1.54, 1.807) is 0 Å². The second-order valence-corrected chi connectivity index (χ2v) is 1.87. The first-order valence-corrected chi connectivity index (χ1v) is 3.02. The van der Waals surface area contributed by atoms with Crippen molar-refractivity contribution in [1.29, 1.82) is 0 Å². The van der Waals surface area contributed by atoms with Crippen molar-refractivity contribution in [3.8, 4) is 0 Å². The fraction of sp³-hybridized carbons (Fsp3) is 0. The van der Waals surface area contributed by atoms with Crippen molar-refractivity contribution in [3.63, 3.8) is 0 Å². The number of aliphatic carboxylic acids is 2. The van der Waals surface area contributed by atoms with Gasteiger partial charge in [0.1, 0.15) is 11.9 Å². The molecule has 0 saturated heterocycles. The largest absolute Gasteiger partial charge is 0.501 e. The molecule has 0 amide bonds. The van der Waals surface area contributed by atoms with Crippen LogP contribution >= 0.6 is 0 Å². The molecule has 0 aliphatic rings. The SMILES string of the molecule is O=C/C=C/C(C(=O)O)=C(\O)C(=O)O. The maximum atomic E-state index is 10.3. The highest BCUT2D eigenvalue weighted by Crippen LogP contribution is 2.03. The van der Waals surface area contributed by atoms with Crippen LogP contribution in [0.25, 0.3) is 0 Å². The summed E-state index contributed by atoms with van der Waals surface area (Å²) in [5.74, 6) is -4.71. The standard InChI is InChI=1S/C7H6O6/c8-3-1-2-4(6(10)11)5(9)7(12)13/h1-3,9H,(H,10,11)(H,12,13)/b2-1+,5-4+. The highest BCUT2D eigenvalue weighted by Gasteiger charge is 2.16. The topological polar surface area (TPSA) is 112 Å². The maximum Gasteiger partial charge on any atom is 0.371 e. The molecule has 0 atom stereocenters. The molecule has 0 aliphatic heterocycles. The molecule has 0 aromatic carbocycles. The number of aliphatic hydroxyl groups is 1. The van der Waals surface area contributed by atoms with Crippen molar-refractivity contribution < 1.29 is 29.7 Å². The third-order valence-corrected chi connectivity index (χ3v) is 1.03. The lowest BCUT2D eigenvalue weighted by Gasteiger charge is -1.95. The quantitative estimate of drug-likeness (QED) is 0.241. The van der Waals surface area contributed by atoms with Crippen LogP contribution in [0.2, 0.25) is 0 Å². The zero-order valence-electron chi connectivity index (χ0n) is 6.30. The molecule has 0 aromatic heterocycles. The summed E-state index contributed by atoms with van der Waals surface area (Å²) in [7, 11) is 0. The van der Waals surface area contributed by atoms with Crippen LogP contribution in [0.15, 0.2) is 23.5 Å². The van der Waals surface area contributed by atoms with Gasteiger partial charge < -0.3 is 15.3 Å². The molecule has 13 heavy (non-hydrogen) atoms. The Morgan fingerprint density at radius 2 is 1.54 bits per heavy atom. The number of carboxylic acids is 2. The zero-order valence-corrected chi connectivity index (χ0v) is 6.30. The number of hydrogen-bond donors (Lipinski definition) is 3. The number of carbonyl (C=O) groups excluding carboxylic acids is 1. The van der Waals surface area contributed by atoms with Gasteiger partial charge in [-0.1, -0.05) is 0 Å². The third-order valence-electron chi connectivity index (χ3n) is 1.03. The molecule has 6 heteroatoms. The smallest absolute Gasteiger partial charge is 0.371 e. The third kappa shape index (κ3) is 3.19. The maximum absolute atomic E-state index is 10.3. The summed E-state index contributed by atoms with van der Waals surface area (Å²) in [6, 6.07) is 0. The van der Waals surface area contributed by atoms with Gasteiger partial charge >= 0.3 is 11.9 Å². The molecular weight excluding hydrogens is 180 g/mol. The Bertz CT molecular complexity index is 298. The van der Waals surface area contributed by atoms with Gasteiger partial charge in [-0.05, 0) is 12.2 Å². The Hall–Kier alpha value is -2.11. The lowest BCUT2D eigenvalue weighted by Crippen LogP contribution is -2.09. The summed E-state index contributed by atoms with van der Waals surface area (Å²) in [6.07, 6.45) is 1.72. The molecule has 0 bridgehead atoms. The van der Waals surface area contributed by atoms with Gasteiger partial charge in [0.2, 0.25) is 5.76 Å². The molecule has 6 nitrogen and oxygen atoms in total. The number of hydrogen-bond acceptors (Lipinski definition) is 4. The van der Waals surface area contributed by atoms with Crippen molar-refractivity contribution in [1.82, 2.24) is 0 Å². The van der Waals surface area contributed by atoms with E-state index in [1.165, 1.54) is 0 Å². The molecule has 0 fully saturated rings. The van der Waals surface area contributed by atoms with Crippen LogP contribution in [-0.4, -0.2) is 33.5 Å². The monoisotopic (exact) mass is 186 g/mol. The lowest BCUT2D eigenvalue weighted by atomic mass is 10.2. The van der Waals surface area contributed by atoms with Crippen molar-refractivity contribution >= 4 is 18.2 Å². The van der Waals surface area contributed by atoms with E-state index in [0.29, 0.717) is 6.08 Å². The summed E-state index contributed by atoms with van der Waals surface area (Å²) in [6.45, 7) is 0. The average Bonchev–Trinajstić information content (AvgIpc) is 2.04. The van der Waals surface area contributed by atoms with E-state index in [2.05, 4.69) is 0 Å². The predicted octanol–water partition coefficient (Wildman–Crippen LogP) is -0.277. The van der Waals surface area contributed by atoms with Crippen molar-refractivity contribution in [3.05, 3.63) is 23.5 Å². The van der Waals surface area contributed by atoms with Gasteiger partial charge in [-0.3, -0.25) is 4.79 Å². The Labute approximate surface area is 72.4 Å². The molecular formula is C7H6O6. The second kappa shape index (κ2) is 4.70. The molecule has 70 valence electrons. The lowest BCUT2D eigenvalue weighted by molar-refractivity contribution is -0.138. The van der Waals surface area contributed by atoms with E-state index in [-0.39, 0.29) is 6.29 Å². The van der Waals surface area contributed by atoms with Gasteiger partial charge in [-0.25, -0.2) is 9.59 Å². The van der Waals surface area contributed by atoms with Crippen molar-refractivity contribution in [2.24, 2.45) is 0 Å². The summed E-state index contributed by atoms with van der Waals surface area (Å²) in [4.78, 5) is 30.2. The van der Waals surface area contributed by atoms with Crippen LogP contribution in [0, 0.1) is 0 Å². The van der Waals surface area contributed by atoms with Crippen LogP contribution in [0.4, 0.5) is 0 Å². The molecule has 0 saturated carbocycles. The first-order valence-electron chi connectivity index (χ1n) is 3.02. The van der Waals surface area contributed by atoms with Gasteiger partial charge in [0.15, 0.2) is 0 Å². The van der Waals surface area contributed by atoms with Crippen LogP contribution in [0.3, 0.4) is 0 Å². The number of carboxylic acid groups (broad SMARTS) is 2. The zero-order chi connectivity index (χ0) is 10.4. The van der Waals surface area contributed by atoms with E-state index < -0.39 is 23.3 Å². The second-order valence-electron chi connectivity index (χ2n) is 1.87. The molecule has 0 rings (SSSR count). The molecule has 0 spiro atoms. The van der Waals surface area contributed by atoms with Gasteiger partial charge in [0, 0.05) is 0 Å². The highest BCUT2D eigenvalue weighted by molar-refractivity contribution is 5.99. The summed E-state index contributed by atoms with van der Waals surface area (Å²) in [5.41, 5.74) is -0.848. The number of aldehydes is 1. The van der Waals surface area contributed by atoms with E-state index in [9.17, 15) is 14.4 Å². The van der Waals surface area contributed by atoms with Crippen LogP contribution in [0.1, 0.15) is 0 Å². The van der Waals surface area contributed by atoms with Crippen LogP contribution < -0.4 is 0 Å². The van der Waals surface area contributed by atoms with Crippen LogP contribution in [-0.2, 0) is 14.4 Å². The number of rotatable bonds is 4. The number of carbonyl (C=O) groups is 3. The van der Waals surface area contributed by atoms with Crippen molar-refractivity contribution in [2.75, 3.05) is 0 Å². The molecule has 0 radical (unpaired) electrons. The summed E-state index contributed by atoms with van der Waals surface area (Å²) >= 11 is 0. The summed E-state index contributed by atoms with van der Waals surface area (Å²) in [5, 5.41) is 25.3. The Morgan fingerprint density at radius 3 is 1.85 bits per heavy atom. The minimum absolute atomic E-state index is 0.262. The summed E-state index contributed by atoms with van der Waals surface area (Å²) < 4.78 is 0. The first-order chi connectivity index (χ1) is 6.00. The normalized spacial score (nSPS) is 12.3. The average molecular weight is 186 g/mol. The van der Waals surface area contributed by atoms with Gasteiger partial charge in [0.25, 0.3) is 0 Å². The minimum Gasteiger partial charge on any atom is -0.501 e. The van der Waals surface area contributed by atoms with Crippen molar-refractivity contribution in [2.45, 2.75) is 0 Å². The highest BCUT2D eigenvalue weighted by atomic mass is 16.4. The molecule has 0 aromatic rings. The first kappa shape index (κ1) is 10.9. The Morgan fingerprint density at radius 1 is 1.00 bits per heavy atom. The van der Waals surface area contributed by atoms with Gasteiger partial charge in [-0.15, -0.1) is 0 Å². The number of allylic oxidation sites excluding steroid dienone is 1. The Balaban J connectivity index is 5.11. The Kier molecular flexibility index (Phi) is 3.94. The van der Waals surface area contributed by atoms with Gasteiger partial charge in [0.05, 0.1) is 0 Å². The van der Waals surface area contributed by atoms with Gasteiger partial charge in [-0.2, -0.15) is 0 Å². The molecule has 0 heterocycles.